The third-order valence-corrected chi connectivity index (χ3v) is 8.20. The third kappa shape index (κ3) is 7.75. The highest BCUT2D eigenvalue weighted by molar-refractivity contribution is 6.24. The lowest BCUT2D eigenvalue weighted by Gasteiger charge is -2.36. The summed E-state index contributed by atoms with van der Waals surface area (Å²) in [5, 5.41) is 21.8. The zero-order valence-electron chi connectivity index (χ0n) is 26.5. The minimum atomic E-state index is -0.917. The first-order valence-electron chi connectivity index (χ1n) is 14.8. The van der Waals surface area contributed by atoms with Crippen LogP contribution in [-0.2, 0) is 28.7 Å². The number of Topliss-reactive ketones (excluding diaryl/α,β-unsaturated/α-hetero) is 2. The van der Waals surface area contributed by atoms with E-state index < -0.39 is 34.6 Å². The molecule has 2 aliphatic rings. The predicted molar refractivity (Wildman–Crippen MR) is 161 cm³/mol. The topological polar surface area (TPSA) is 152 Å². The molecule has 0 aromatic heterocycles. The molecule has 234 valence electrons. The van der Waals surface area contributed by atoms with Gasteiger partial charge in [0.1, 0.15) is 23.4 Å². The molecule has 0 heterocycles. The molecule has 2 aliphatic carbocycles. The molecule has 0 fully saturated rings. The molecule has 42 heavy (non-hydrogen) atoms. The Balaban J connectivity index is 2.02. The van der Waals surface area contributed by atoms with E-state index in [2.05, 4.69) is 9.98 Å². The molecule has 0 radical (unpaired) electrons. The average molecular weight is 589 g/mol. The summed E-state index contributed by atoms with van der Waals surface area (Å²) < 4.78 is 9.78. The monoisotopic (exact) mass is 588 g/mol. The molecule has 0 aromatic rings. The van der Waals surface area contributed by atoms with Gasteiger partial charge in [-0.15, -0.1) is 0 Å². The fraction of sp³-hybridized carbons (Fsp3) is 0.688. The van der Waals surface area contributed by atoms with Gasteiger partial charge in [0.2, 0.25) is 0 Å². The molecule has 0 aromatic carbocycles. The van der Waals surface area contributed by atoms with E-state index in [1.54, 1.807) is 27.7 Å². The first-order chi connectivity index (χ1) is 19.7. The maximum absolute atomic E-state index is 12.9. The number of aliphatic hydroxyl groups excluding tert-OH is 2. The Labute approximate surface area is 249 Å². The van der Waals surface area contributed by atoms with Crippen LogP contribution < -0.4 is 0 Å². The molecule has 0 bridgehead atoms. The van der Waals surface area contributed by atoms with E-state index in [-0.39, 0.29) is 47.1 Å². The standard InChI is InChI=1S/C32H48N2O8/c1-9-19(23-21(35)17-31(3,4)25(27(23)37)29(39)41-7)33-15-13-11-12-14-16-34-20(10-2)24-22(36)18-32(5,6)26(28(24)38)30(40)42-8/h25-26,37-38H,9-18H2,1-8H3. The van der Waals surface area contributed by atoms with E-state index in [4.69, 9.17) is 9.47 Å². The van der Waals surface area contributed by atoms with Gasteiger partial charge in [-0.1, -0.05) is 54.4 Å². The molecule has 10 heteroatoms. The van der Waals surface area contributed by atoms with Crippen molar-refractivity contribution in [2.24, 2.45) is 32.7 Å². The van der Waals surface area contributed by atoms with Gasteiger partial charge < -0.3 is 19.7 Å². The number of methoxy groups -OCH3 is 2. The number of ketones is 2. The molecule has 10 nitrogen and oxygen atoms in total. The van der Waals surface area contributed by atoms with Gasteiger partial charge in [-0.3, -0.25) is 29.2 Å². The molecule has 0 spiro atoms. The molecule has 2 atom stereocenters. The van der Waals surface area contributed by atoms with Crippen molar-refractivity contribution in [3.05, 3.63) is 22.7 Å². The smallest absolute Gasteiger partial charge is 0.316 e. The van der Waals surface area contributed by atoms with E-state index in [1.807, 2.05) is 13.8 Å². The Morgan fingerprint density at radius 2 is 1.05 bits per heavy atom. The number of hydrogen-bond acceptors (Lipinski definition) is 10. The van der Waals surface area contributed by atoms with Crippen LogP contribution in [0.1, 0.15) is 92.9 Å². The van der Waals surface area contributed by atoms with Gasteiger partial charge >= 0.3 is 11.9 Å². The van der Waals surface area contributed by atoms with Gasteiger partial charge in [-0.05, 0) is 36.5 Å². The number of aliphatic hydroxyl groups is 2. The van der Waals surface area contributed by atoms with Crippen molar-refractivity contribution in [3.8, 4) is 0 Å². The van der Waals surface area contributed by atoms with Crippen molar-refractivity contribution in [1.29, 1.82) is 0 Å². The lowest BCUT2D eigenvalue weighted by Crippen LogP contribution is -2.41. The minimum Gasteiger partial charge on any atom is -0.511 e. The van der Waals surface area contributed by atoms with Crippen LogP contribution in [0.4, 0.5) is 0 Å². The van der Waals surface area contributed by atoms with E-state index in [0.29, 0.717) is 37.4 Å². The highest BCUT2D eigenvalue weighted by Gasteiger charge is 2.48. The molecule has 0 saturated carbocycles. The zero-order chi connectivity index (χ0) is 31.8. The number of hydrogen-bond donors (Lipinski definition) is 2. The van der Waals surface area contributed by atoms with Crippen LogP contribution >= 0.6 is 0 Å². The van der Waals surface area contributed by atoms with Gasteiger partial charge in [0.25, 0.3) is 0 Å². The van der Waals surface area contributed by atoms with Crippen molar-refractivity contribution in [2.75, 3.05) is 27.3 Å². The second kappa shape index (κ2) is 14.7. The fourth-order valence-corrected chi connectivity index (χ4v) is 5.98. The lowest BCUT2D eigenvalue weighted by atomic mass is 9.67. The number of rotatable bonds is 13. The second-order valence-corrected chi connectivity index (χ2v) is 12.4. The van der Waals surface area contributed by atoms with E-state index in [9.17, 15) is 29.4 Å². The summed E-state index contributed by atoms with van der Waals surface area (Å²) in [4.78, 5) is 59.7. The highest BCUT2D eigenvalue weighted by Crippen LogP contribution is 2.43. The average Bonchev–Trinajstić information content (AvgIpc) is 2.90. The quantitative estimate of drug-likeness (QED) is 0.164. The van der Waals surface area contributed by atoms with Crippen LogP contribution in [0.15, 0.2) is 32.6 Å². The number of carbonyl (C=O) groups excluding carboxylic acids is 4. The van der Waals surface area contributed by atoms with Crippen molar-refractivity contribution in [1.82, 2.24) is 0 Å². The molecule has 2 unspecified atom stereocenters. The summed E-state index contributed by atoms with van der Waals surface area (Å²) in [6, 6.07) is 0. The normalized spacial score (nSPS) is 22.9. The number of carbonyl (C=O) groups is 4. The molecule has 2 N–H and O–H groups in total. The minimum absolute atomic E-state index is 0.118. The molecule has 0 amide bonds. The number of esters is 2. The Kier molecular flexibility index (Phi) is 12.2. The fourth-order valence-electron chi connectivity index (χ4n) is 5.98. The number of ether oxygens (including phenoxy) is 2. The molecule has 2 rings (SSSR count). The predicted octanol–water partition coefficient (Wildman–Crippen LogP) is 5.45. The Bertz CT molecular complexity index is 1100. The molecular weight excluding hydrogens is 540 g/mol. The molecular formula is C32H48N2O8. The second-order valence-electron chi connectivity index (χ2n) is 12.4. The Morgan fingerprint density at radius 3 is 1.33 bits per heavy atom. The van der Waals surface area contributed by atoms with Gasteiger partial charge in [0.15, 0.2) is 11.6 Å². The first kappa shape index (κ1) is 34.9. The number of unbranched alkanes of at least 4 members (excludes halogenated alkanes) is 3. The van der Waals surface area contributed by atoms with Gasteiger partial charge in [0, 0.05) is 37.4 Å². The van der Waals surface area contributed by atoms with Crippen molar-refractivity contribution >= 4 is 34.9 Å². The first-order valence-corrected chi connectivity index (χ1v) is 14.8. The van der Waals surface area contributed by atoms with E-state index in [0.717, 1.165) is 25.7 Å². The van der Waals surface area contributed by atoms with E-state index >= 15 is 0 Å². The van der Waals surface area contributed by atoms with Crippen molar-refractivity contribution < 1.29 is 38.9 Å². The summed E-state index contributed by atoms with van der Waals surface area (Å²) in [7, 11) is 2.53. The Hall–Kier alpha value is -3.30. The third-order valence-electron chi connectivity index (χ3n) is 8.20. The number of aliphatic imine (C=N–C) groups is 2. The van der Waals surface area contributed by atoms with Crippen LogP contribution in [0, 0.1) is 22.7 Å². The van der Waals surface area contributed by atoms with Gasteiger partial charge in [-0.25, -0.2) is 0 Å². The number of allylic oxidation sites excluding steroid dienone is 2. The van der Waals surface area contributed by atoms with Crippen molar-refractivity contribution in [2.45, 2.75) is 92.9 Å². The van der Waals surface area contributed by atoms with Crippen LogP contribution in [0.2, 0.25) is 0 Å². The number of nitrogens with zero attached hydrogens (tertiary/aromatic N) is 2. The Morgan fingerprint density at radius 1 is 0.714 bits per heavy atom. The summed E-state index contributed by atoms with van der Waals surface area (Å²) in [6.07, 6.45) is 4.39. The largest absolute Gasteiger partial charge is 0.511 e. The SMILES string of the molecule is CCC(=NCCCCCCN=C(CC)C1=C(O)C(C(=O)OC)C(C)(C)CC1=O)C1=C(O)C(C(=O)OC)C(C)(C)CC1=O. The lowest BCUT2D eigenvalue weighted by molar-refractivity contribution is -0.151. The van der Waals surface area contributed by atoms with Crippen LogP contribution in [0.25, 0.3) is 0 Å². The summed E-state index contributed by atoms with van der Waals surface area (Å²) >= 11 is 0. The van der Waals surface area contributed by atoms with Gasteiger partial charge in [0.05, 0.1) is 25.4 Å². The zero-order valence-corrected chi connectivity index (χ0v) is 26.5. The molecule has 0 saturated heterocycles. The summed E-state index contributed by atoms with van der Waals surface area (Å²) in [6.45, 7) is 11.7. The maximum atomic E-state index is 12.9. The van der Waals surface area contributed by atoms with Crippen LogP contribution in [0.3, 0.4) is 0 Å². The molecule has 0 aliphatic heterocycles. The van der Waals surface area contributed by atoms with Crippen LogP contribution in [0.5, 0.6) is 0 Å². The van der Waals surface area contributed by atoms with Crippen LogP contribution in [-0.4, -0.2) is 72.5 Å². The highest BCUT2D eigenvalue weighted by atomic mass is 16.5. The van der Waals surface area contributed by atoms with Gasteiger partial charge in [-0.2, -0.15) is 0 Å². The summed E-state index contributed by atoms with van der Waals surface area (Å²) in [5.41, 5.74) is -0.232. The summed E-state index contributed by atoms with van der Waals surface area (Å²) in [5.74, 6) is -3.93. The van der Waals surface area contributed by atoms with E-state index in [1.165, 1.54) is 14.2 Å². The van der Waals surface area contributed by atoms with Crippen molar-refractivity contribution in [3.63, 3.8) is 0 Å². The maximum Gasteiger partial charge on any atom is 0.316 e.